The quantitative estimate of drug-likeness (QED) is 0.436. The molecule has 0 unspecified atom stereocenters. The maximum atomic E-state index is 5.39. The standard InChI is InChI=1S/C10H18O/c1-5-10(6-2)11-8-7-9(3)4/h5-6,9H,1,7-8H2,2-4H3/b10-6+. The Bertz CT molecular complexity index is 134. The van der Waals surface area contributed by atoms with Crippen molar-refractivity contribution in [3.8, 4) is 0 Å². The van der Waals surface area contributed by atoms with Crippen molar-refractivity contribution in [2.24, 2.45) is 5.92 Å². The fraction of sp³-hybridized carbons (Fsp3) is 0.600. The van der Waals surface area contributed by atoms with Crippen molar-refractivity contribution in [2.75, 3.05) is 6.61 Å². The predicted octanol–water partition coefficient (Wildman–Crippen LogP) is 3.14. The van der Waals surface area contributed by atoms with Crippen LogP contribution in [0.15, 0.2) is 24.5 Å². The van der Waals surface area contributed by atoms with Crippen molar-refractivity contribution in [2.45, 2.75) is 27.2 Å². The molecule has 0 aliphatic carbocycles. The summed E-state index contributed by atoms with van der Waals surface area (Å²) in [6.45, 7) is 10.8. The Hall–Kier alpha value is -0.720. The second-order valence-corrected chi connectivity index (χ2v) is 2.93. The molecule has 0 spiro atoms. The zero-order chi connectivity index (χ0) is 8.69. The lowest BCUT2D eigenvalue weighted by atomic mass is 10.1. The van der Waals surface area contributed by atoms with Crippen LogP contribution in [0.5, 0.6) is 0 Å². The summed E-state index contributed by atoms with van der Waals surface area (Å²) in [5.74, 6) is 1.59. The summed E-state index contributed by atoms with van der Waals surface area (Å²) in [4.78, 5) is 0. The minimum Gasteiger partial charge on any atom is -0.494 e. The Morgan fingerprint density at radius 1 is 1.55 bits per heavy atom. The van der Waals surface area contributed by atoms with E-state index in [-0.39, 0.29) is 0 Å². The van der Waals surface area contributed by atoms with E-state index in [4.69, 9.17) is 4.74 Å². The topological polar surface area (TPSA) is 9.23 Å². The van der Waals surface area contributed by atoms with Crippen LogP contribution in [0.2, 0.25) is 0 Å². The average molecular weight is 154 g/mol. The van der Waals surface area contributed by atoms with Gasteiger partial charge in [0.05, 0.1) is 6.61 Å². The van der Waals surface area contributed by atoms with E-state index in [1.54, 1.807) is 6.08 Å². The highest BCUT2D eigenvalue weighted by Crippen LogP contribution is 2.03. The van der Waals surface area contributed by atoms with E-state index in [0.717, 1.165) is 18.8 Å². The molecule has 0 aliphatic heterocycles. The highest BCUT2D eigenvalue weighted by Gasteiger charge is 1.94. The molecule has 0 aromatic carbocycles. The summed E-state index contributed by atoms with van der Waals surface area (Å²) in [7, 11) is 0. The van der Waals surface area contributed by atoms with Gasteiger partial charge in [0, 0.05) is 0 Å². The second-order valence-electron chi connectivity index (χ2n) is 2.93. The Balaban J connectivity index is 3.45. The first-order valence-electron chi connectivity index (χ1n) is 4.12. The number of allylic oxidation sites excluding steroid dienone is 2. The van der Waals surface area contributed by atoms with E-state index in [2.05, 4.69) is 20.4 Å². The molecule has 64 valence electrons. The van der Waals surface area contributed by atoms with Gasteiger partial charge in [0.2, 0.25) is 0 Å². The summed E-state index contributed by atoms with van der Waals surface area (Å²) in [5.41, 5.74) is 0. The molecule has 0 amide bonds. The molecule has 0 heterocycles. The molecule has 0 saturated carbocycles. The Labute approximate surface area is 69.8 Å². The third-order valence-corrected chi connectivity index (χ3v) is 1.45. The Morgan fingerprint density at radius 3 is 2.55 bits per heavy atom. The van der Waals surface area contributed by atoms with Crippen LogP contribution in [0.4, 0.5) is 0 Å². The van der Waals surface area contributed by atoms with Gasteiger partial charge < -0.3 is 4.74 Å². The smallest absolute Gasteiger partial charge is 0.114 e. The van der Waals surface area contributed by atoms with Gasteiger partial charge in [-0.05, 0) is 31.4 Å². The summed E-state index contributed by atoms with van der Waals surface area (Å²) >= 11 is 0. The second kappa shape index (κ2) is 6.02. The molecule has 0 bridgehead atoms. The van der Waals surface area contributed by atoms with Gasteiger partial charge in [-0.15, -0.1) is 0 Å². The molecule has 0 N–H and O–H groups in total. The lowest BCUT2D eigenvalue weighted by molar-refractivity contribution is 0.206. The molecule has 0 rings (SSSR count). The van der Waals surface area contributed by atoms with Crippen molar-refractivity contribution in [3.63, 3.8) is 0 Å². The fourth-order valence-corrected chi connectivity index (χ4v) is 0.673. The zero-order valence-electron chi connectivity index (χ0n) is 7.76. The molecule has 1 heteroatoms. The van der Waals surface area contributed by atoms with Crippen molar-refractivity contribution in [3.05, 3.63) is 24.5 Å². The molecule has 0 aliphatic rings. The molecule has 0 atom stereocenters. The first-order valence-corrected chi connectivity index (χ1v) is 4.12. The highest BCUT2D eigenvalue weighted by atomic mass is 16.5. The third-order valence-electron chi connectivity index (χ3n) is 1.45. The molecule has 0 aromatic heterocycles. The van der Waals surface area contributed by atoms with E-state index in [1.807, 2.05) is 13.0 Å². The Kier molecular flexibility index (Phi) is 5.63. The molecule has 11 heavy (non-hydrogen) atoms. The molecule has 0 radical (unpaired) electrons. The van der Waals surface area contributed by atoms with Gasteiger partial charge in [0.15, 0.2) is 0 Å². The van der Waals surface area contributed by atoms with Crippen molar-refractivity contribution >= 4 is 0 Å². The molecule has 0 saturated heterocycles. The van der Waals surface area contributed by atoms with Crippen LogP contribution in [0.25, 0.3) is 0 Å². The maximum Gasteiger partial charge on any atom is 0.114 e. The number of rotatable bonds is 5. The molecular formula is C10H18O. The molecule has 0 aromatic rings. The SMILES string of the molecule is C=C/C(=C\C)OCCC(C)C. The van der Waals surface area contributed by atoms with Crippen LogP contribution in [0.1, 0.15) is 27.2 Å². The number of hydrogen-bond acceptors (Lipinski definition) is 1. The minimum absolute atomic E-state index is 0.706. The highest BCUT2D eigenvalue weighted by molar-refractivity contribution is 5.06. The number of hydrogen-bond donors (Lipinski definition) is 0. The van der Waals surface area contributed by atoms with E-state index in [0.29, 0.717) is 5.92 Å². The predicted molar refractivity (Wildman–Crippen MR) is 49.4 cm³/mol. The minimum atomic E-state index is 0.706. The maximum absolute atomic E-state index is 5.39. The van der Waals surface area contributed by atoms with Gasteiger partial charge in [0.1, 0.15) is 5.76 Å². The summed E-state index contributed by atoms with van der Waals surface area (Å²) in [6, 6.07) is 0. The van der Waals surface area contributed by atoms with E-state index in [1.165, 1.54) is 0 Å². The normalized spacial score (nSPS) is 11.8. The molecule has 1 nitrogen and oxygen atoms in total. The molecule has 0 fully saturated rings. The van der Waals surface area contributed by atoms with E-state index in [9.17, 15) is 0 Å². The summed E-state index contributed by atoms with van der Waals surface area (Å²) in [6.07, 6.45) is 4.76. The summed E-state index contributed by atoms with van der Waals surface area (Å²) in [5, 5.41) is 0. The van der Waals surface area contributed by atoms with Crippen LogP contribution < -0.4 is 0 Å². The first-order chi connectivity index (χ1) is 5.20. The van der Waals surface area contributed by atoms with Crippen LogP contribution >= 0.6 is 0 Å². The van der Waals surface area contributed by atoms with Gasteiger partial charge >= 0.3 is 0 Å². The van der Waals surface area contributed by atoms with Gasteiger partial charge in [-0.25, -0.2) is 0 Å². The fourth-order valence-electron chi connectivity index (χ4n) is 0.673. The summed E-state index contributed by atoms with van der Waals surface area (Å²) < 4.78 is 5.39. The first kappa shape index (κ1) is 10.3. The van der Waals surface area contributed by atoms with Gasteiger partial charge in [-0.1, -0.05) is 20.4 Å². The van der Waals surface area contributed by atoms with Gasteiger partial charge in [-0.2, -0.15) is 0 Å². The Morgan fingerprint density at radius 2 is 2.18 bits per heavy atom. The van der Waals surface area contributed by atoms with Crippen molar-refractivity contribution < 1.29 is 4.74 Å². The molecular weight excluding hydrogens is 136 g/mol. The van der Waals surface area contributed by atoms with Crippen LogP contribution in [0.3, 0.4) is 0 Å². The van der Waals surface area contributed by atoms with Crippen LogP contribution in [0, 0.1) is 5.92 Å². The lowest BCUT2D eigenvalue weighted by Crippen LogP contribution is -1.97. The van der Waals surface area contributed by atoms with Gasteiger partial charge in [-0.3, -0.25) is 0 Å². The third kappa shape index (κ3) is 5.71. The zero-order valence-corrected chi connectivity index (χ0v) is 7.76. The lowest BCUT2D eigenvalue weighted by Gasteiger charge is -2.07. The van der Waals surface area contributed by atoms with E-state index < -0.39 is 0 Å². The van der Waals surface area contributed by atoms with Crippen LogP contribution in [-0.4, -0.2) is 6.61 Å². The number of ether oxygens (including phenoxy) is 1. The average Bonchev–Trinajstić information content (AvgIpc) is 1.98. The van der Waals surface area contributed by atoms with Crippen molar-refractivity contribution in [1.29, 1.82) is 0 Å². The van der Waals surface area contributed by atoms with Crippen molar-refractivity contribution in [1.82, 2.24) is 0 Å². The van der Waals surface area contributed by atoms with E-state index >= 15 is 0 Å². The largest absolute Gasteiger partial charge is 0.494 e. The van der Waals surface area contributed by atoms with Crippen LogP contribution in [-0.2, 0) is 4.74 Å². The van der Waals surface area contributed by atoms with Gasteiger partial charge in [0.25, 0.3) is 0 Å². The monoisotopic (exact) mass is 154 g/mol.